The highest BCUT2D eigenvalue weighted by molar-refractivity contribution is 5.86. The van der Waals surface area contributed by atoms with Gasteiger partial charge in [0.25, 0.3) is 0 Å². The van der Waals surface area contributed by atoms with Crippen LogP contribution in [0, 0.1) is 23.7 Å². The SMILES string of the molecule is C=C(C)C(=O)OCC1COC2(OC1)C1CCCC(C1)CC2CCC(=O)O. The van der Waals surface area contributed by atoms with Gasteiger partial charge in [0, 0.05) is 29.7 Å². The van der Waals surface area contributed by atoms with Crippen molar-refractivity contribution in [3.8, 4) is 0 Å². The van der Waals surface area contributed by atoms with Crippen molar-refractivity contribution in [2.45, 2.75) is 57.7 Å². The quantitative estimate of drug-likeness (QED) is 0.574. The Labute approximate surface area is 154 Å². The van der Waals surface area contributed by atoms with E-state index < -0.39 is 17.7 Å². The lowest BCUT2D eigenvalue weighted by Crippen LogP contribution is -2.59. The Kier molecular flexibility index (Phi) is 6.03. The molecule has 1 saturated heterocycles. The molecular formula is C20H30O6. The van der Waals surface area contributed by atoms with Crippen molar-refractivity contribution in [2.24, 2.45) is 23.7 Å². The van der Waals surface area contributed by atoms with Gasteiger partial charge in [-0.3, -0.25) is 4.79 Å². The lowest BCUT2D eigenvalue weighted by molar-refractivity contribution is -0.353. The van der Waals surface area contributed by atoms with E-state index in [2.05, 4.69) is 6.58 Å². The standard InChI is InChI=1S/C20H30O6/c1-13(2)19(23)24-10-15-11-25-20(26-12-15)16-5-3-4-14(8-16)9-17(20)6-7-18(21)22/h14-17H,1,3-12H2,2H3,(H,21,22). The first-order chi connectivity index (χ1) is 12.4. The fourth-order valence-electron chi connectivity index (χ4n) is 4.86. The summed E-state index contributed by atoms with van der Waals surface area (Å²) >= 11 is 0. The highest BCUT2D eigenvalue weighted by Crippen LogP contribution is 2.53. The van der Waals surface area contributed by atoms with Gasteiger partial charge in [0.15, 0.2) is 5.79 Å². The summed E-state index contributed by atoms with van der Waals surface area (Å²) < 4.78 is 17.9. The zero-order valence-corrected chi connectivity index (χ0v) is 15.6. The molecule has 3 fully saturated rings. The number of aliphatic carboxylic acids is 1. The molecule has 2 saturated carbocycles. The molecular weight excluding hydrogens is 336 g/mol. The van der Waals surface area contributed by atoms with Crippen molar-refractivity contribution in [3.63, 3.8) is 0 Å². The second-order valence-electron chi connectivity index (χ2n) is 8.18. The Hall–Kier alpha value is -1.40. The second-order valence-corrected chi connectivity index (χ2v) is 8.18. The van der Waals surface area contributed by atoms with Gasteiger partial charge in [0.1, 0.15) is 0 Å². The Morgan fingerprint density at radius 2 is 1.96 bits per heavy atom. The van der Waals surface area contributed by atoms with Gasteiger partial charge in [-0.1, -0.05) is 19.4 Å². The molecule has 1 heterocycles. The molecule has 26 heavy (non-hydrogen) atoms. The molecule has 0 aromatic heterocycles. The van der Waals surface area contributed by atoms with Crippen LogP contribution in [-0.2, 0) is 23.8 Å². The van der Waals surface area contributed by atoms with Crippen molar-refractivity contribution in [2.75, 3.05) is 19.8 Å². The van der Waals surface area contributed by atoms with Crippen molar-refractivity contribution in [3.05, 3.63) is 12.2 Å². The summed E-state index contributed by atoms with van der Waals surface area (Å²) in [5, 5.41) is 9.11. The van der Waals surface area contributed by atoms with Crippen molar-refractivity contribution >= 4 is 11.9 Å². The number of fused-ring (bicyclic) bond motifs is 3. The van der Waals surface area contributed by atoms with Crippen LogP contribution in [0.1, 0.15) is 51.9 Å². The molecule has 0 aromatic rings. The van der Waals surface area contributed by atoms with Crippen LogP contribution in [0.15, 0.2) is 12.2 Å². The molecule has 3 atom stereocenters. The van der Waals surface area contributed by atoms with Gasteiger partial charge in [0.05, 0.1) is 19.8 Å². The molecule has 6 nitrogen and oxygen atoms in total. The van der Waals surface area contributed by atoms with Crippen LogP contribution >= 0.6 is 0 Å². The summed E-state index contributed by atoms with van der Waals surface area (Å²) in [7, 11) is 0. The lowest BCUT2D eigenvalue weighted by atomic mass is 9.63. The molecule has 0 amide bonds. The molecule has 3 aliphatic rings. The topological polar surface area (TPSA) is 82.1 Å². The fourth-order valence-corrected chi connectivity index (χ4v) is 4.86. The van der Waals surface area contributed by atoms with E-state index in [1.807, 2.05) is 0 Å². The number of carboxylic acid groups (broad SMARTS) is 1. The minimum Gasteiger partial charge on any atom is -0.481 e. The Morgan fingerprint density at radius 1 is 1.23 bits per heavy atom. The number of hydrogen-bond donors (Lipinski definition) is 1. The third-order valence-electron chi connectivity index (χ3n) is 6.13. The number of ether oxygens (including phenoxy) is 3. The maximum Gasteiger partial charge on any atom is 0.333 e. The Bertz CT molecular complexity index is 549. The summed E-state index contributed by atoms with van der Waals surface area (Å²) in [6.45, 7) is 6.43. The van der Waals surface area contributed by atoms with E-state index in [-0.39, 0.29) is 24.9 Å². The Balaban J connectivity index is 1.63. The van der Waals surface area contributed by atoms with Crippen LogP contribution < -0.4 is 0 Å². The molecule has 3 unspecified atom stereocenters. The van der Waals surface area contributed by atoms with Crippen molar-refractivity contribution in [1.29, 1.82) is 0 Å². The fraction of sp³-hybridized carbons (Fsp3) is 0.800. The predicted molar refractivity (Wildman–Crippen MR) is 94.3 cm³/mol. The molecule has 6 heteroatoms. The van der Waals surface area contributed by atoms with E-state index in [9.17, 15) is 9.59 Å². The van der Waals surface area contributed by atoms with Gasteiger partial charge in [0.2, 0.25) is 0 Å². The maximum absolute atomic E-state index is 11.6. The first-order valence-electron chi connectivity index (χ1n) is 9.73. The number of rotatable bonds is 6. The van der Waals surface area contributed by atoms with Crippen LogP contribution in [0.2, 0.25) is 0 Å². The summed E-state index contributed by atoms with van der Waals surface area (Å²) in [5.41, 5.74) is 0.383. The molecule has 1 spiro atoms. The van der Waals surface area contributed by atoms with Crippen LogP contribution in [0.5, 0.6) is 0 Å². The van der Waals surface area contributed by atoms with Gasteiger partial charge >= 0.3 is 11.9 Å². The monoisotopic (exact) mass is 366 g/mol. The summed E-state index contributed by atoms with van der Waals surface area (Å²) in [6.07, 6.45) is 6.34. The van der Waals surface area contributed by atoms with Gasteiger partial charge in [-0.25, -0.2) is 4.79 Å². The molecule has 2 aliphatic carbocycles. The smallest absolute Gasteiger partial charge is 0.333 e. The first-order valence-corrected chi connectivity index (χ1v) is 9.73. The van der Waals surface area contributed by atoms with Crippen LogP contribution in [0.3, 0.4) is 0 Å². The third kappa shape index (κ3) is 4.12. The molecule has 2 bridgehead atoms. The number of hydrogen-bond acceptors (Lipinski definition) is 5. The second kappa shape index (κ2) is 8.09. The average Bonchev–Trinajstić information content (AvgIpc) is 2.63. The van der Waals surface area contributed by atoms with E-state index in [0.717, 1.165) is 19.3 Å². The van der Waals surface area contributed by atoms with Gasteiger partial charge in [-0.05, 0) is 38.5 Å². The largest absolute Gasteiger partial charge is 0.481 e. The number of carbonyl (C=O) groups is 2. The predicted octanol–water partition coefficient (Wildman–Crippen LogP) is 3.16. The minimum absolute atomic E-state index is 0.00497. The number of carboxylic acids is 1. The highest BCUT2D eigenvalue weighted by Gasteiger charge is 2.55. The first kappa shape index (κ1) is 19.4. The molecule has 1 N–H and O–H groups in total. The molecule has 146 valence electrons. The van der Waals surface area contributed by atoms with E-state index in [1.54, 1.807) is 6.92 Å². The van der Waals surface area contributed by atoms with Gasteiger partial charge in [-0.2, -0.15) is 0 Å². The van der Waals surface area contributed by atoms with Gasteiger partial charge in [-0.15, -0.1) is 0 Å². The highest BCUT2D eigenvalue weighted by atomic mass is 16.7. The molecule has 3 rings (SSSR count). The third-order valence-corrected chi connectivity index (χ3v) is 6.13. The normalized spacial score (nSPS) is 36.5. The Morgan fingerprint density at radius 3 is 2.62 bits per heavy atom. The van der Waals surface area contributed by atoms with E-state index >= 15 is 0 Å². The van der Waals surface area contributed by atoms with E-state index in [1.165, 1.54) is 12.8 Å². The van der Waals surface area contributed by atoms with E-state index in [0.29, 0.717) is 37.0 Å². The molecule has 0 radical (unpaired) electrons. The van der Waals surface area contributed by atoms with Crippen molar-refractivity contribution < 1.29 is 28.9 Å². The molecule has 1 aliphatic heterocycles. The average molecular weight is 366 g/mol. The zero-order chi connectivity index (χ0) is 18.7. The number of esters is 1. The van der Waals surface area contributed by atoms with Gasteiger partial charge < -0.3 is 19.3 Å². The van der Waals surface area contributed by atoms with E-state index in [4.69, 9.17) is 19.3 Å². The summed E-state index contributed by atoms with van der Waals surface area (Å²) in [5.74, 6) is -0.672. The van der Waals surface area contributed by atoms with Crippen LogP contribution in [0.25, 0.3) is 0 Å². The minimum atomic E-state index is -0.767. The molecule has 0 aromatic carbocycles. The summed E-state index contributed by atoms with van der Waals surface area (Å²) in [6, 6.07) is 0. The van der Waals surface area contributed by atoms with Crippen molar-refractivity contribution in [1.82, 2.24) is 0 Å². The number of carbonyl (C=O) groups excluding carboxylic acids is 1. The lowest BCUT2D eigenvalue weighted by Gasteiger charge is -2.55. The van der Waals surface area contributed by atoms with Crippen LogP contribution in [0.4, 0.5) is 0 Å². The summed E-state index contributed by atoms with van der Waals surface area (Å²) in [4.78, 5) is 22.6. The van der Waals surface area contributed by atoms with Crippen LogP contribution in [-0.4, -0.2) is 42.7 Å². The zero-order valence-electron chi connectivity index (χ0n) is 15.6. The maximum atomic E-state index is 11.6.